The average molecular weight is 289 g/mol. The predicted octanol–water partition coefficient (Wildman–Crippen LogP) is 2.51. The van der Waals surface area contributed by atoms with E-state index in [0.717, 1.165) is 42.9 Å². The van der Waals surface area contributed by atoms with Gasteiger partial charge < -0.3 is 19.5 Å². The molecule has 0 aliphatic carbocycles. The van der Waals surface area contributed by atoms with Crippen LogP contribution < -0.4 is 9.47 Å². The Morgan fingerprint density at radius 3 is 3.10 bits per heavy atom. The summed E-state index contributed by atoms with van der Waals surface area (Å²) in [5.74, 6) is 1.59. The molecule has 1 aromatic rings. The topological polar surface area (TPSA) is 41.9 Å². The number of hydrogen-bond acceptors (Lipinski definition) is 4. The summed E-state index contributed by atoms with van der Waals surface area (Å²) in [4.78, 5) is 2.59. The van der Waals surface area contributed by atoms with Gasteiger partial charge >= 0.3 is 0 Å². The number of benzene rings is 1. The van der Waals surface area contributed by atoms with Crippen LogP contribution in [0.25, 0.3) is 0 Å². The number of aliphatic hydroxyl groups is 1. The summed E-state index contributed by atoms with van der Waals surface area (Å²) in [6.07, 6.45) is 4.92. The first-order chi connectivity index (χ1) is 10.2. The summed E-state index contributed by atoms with van der Waals surface area (Å²) in [5, 5.41) is 10.5. The van der Waals surface area contributed by atoms with Gasteiger partial charge in [0.2, 0.25) is 0 Å². The minimum absolute atomic E-state index is 0.190. The predicted molar refractivity (Wildman–Crippen MR) is 79.8 cm³/mol. The Kier molecular flexibility index (Phi) is 3.12. The molecule has 1 spiro atoms. The van der Waals surface area contributed by atoms with Crippen LogP contribution in [0.4, 0.5) is 0 Å². The van der Waals surface area contributed by atoms with Crippen molar-refractivity contribution in [1.82, 2.24) is 4.90 Å². The summed E-state index contributed by atoms with van der Waals surface area (Å²) in [5.41, 5.74) is 0.708. The number of aliphatic hydroxyl groups excluding tert-OH is 1. The molecule has 0 bridgehead atoms. The molecule has 3 aliphatic rings. The Labute approximate surface area is 125 Å². The minimum Gasteiger partial charge on any atom is -0.497 e. The van der Waals surface area contributed by atoms with Gasteiger partial charge in [0.15, 0.2) is 0 Å². The molecule has 0 saturated carbocycles. The van der Waals surface area contributed by atoms with E-state index in [9.17, 15) is 5.11 Å². The Bertz CT molecular complexity index is 547. The summed E-state index contributed by atoms with van der Waals surface area (Å²) in [6, 6.07) is 6.37. The Morgan fingerprint density at radius 2 is 2.24 bits per heavy atom. The van der Waals surface area contributed by atoms with Crippen molar-refractivity contribution >= 4 is 0 Å². The molecule has 1 aromatic carbocycles. The molecular weight excluding hydrogens is 266 g/mol. The van der Waals surface area contributed by atoms with Crippen molar-refractivity contribution in [2.24, 2.45) is 0 Å². The number of hydrogen-bond donors (Lipinski definition) is 1. The molecule has 1 N–H and O–H groups in total. The quantitative estimate of drug-likeness (QED) is 0.862. The number of piperidine rings is 1. The van der Waals surface area contributed by atoms with E-state index in [2.05, 4.69) is 4.90 Å². The first kappa shape index (κ1) is 13.4. The van der Waals surface area contributed by atoms with Crippen molar-refractivity contribution in [2.45, 2.75) is 49.9 Å². The van der Waals surface area contributed by atoms with Crippen LogP contribution in [-0.4, -0.2) is 41.8 Å². The van der Waals surface area contributed by atoms with Gasteiger partial charge in [-0.1, -0.05) is 0 Å². The molecule has 0 amide bonds. The highest BCUT2D eigenvalue weighted by Crippen LogP contribution is 2.47. The number of nitrogens with zero attached hydrogens (tertiary/aromatic N) is 1. The fourth-order valence-corrected chi connectivity index (χ4v) is 4.32. The lowest BCUT2D eigenvalue weighted by Crippen LogP contribution is -2.52. The van der Waals surface area contributed by atoms with Crippen LogP contribution in [0, 0.1) is 0 Å². The molecule has 0 radical (unpaired) electrons. The van der Waals surface area contributed by atoms with Gasteiger partial charge in [0, 0.05) is 37.1 Å². The lowest BCUT2D eigenvalue weighted by atomic mass is 9.79. The van der Waals surface area contributed by atoms with Gasteiger partial charge in [0.05, 0.1) is 13.2 Å². The van der Waals surface area contributed by atoms with Crippen molar-refractivity contribution < 1.29 is 14.6 Å². The van der Waals surface area contributed by atoms with E-state index in [0.29, 0.717) is 6.04 Å². The normalized spacial score (nSPS) is 35.1. The van der Waals surface area contributed by atoms with Crippen LogP contribution in [0.3, 0.4) is 0 Å². The molecule has 21 heavy (non-hydrogen) atoms. The maximum Gasteiger partial charge on any atom is 0.129 e. The van der Waals surface area contributed by atoms with Gasteiger partial charge in [-0.25, -0.2) is 0 Å². The van der Waals surface area contributed by atoms with Gasteiger partial charge in [-0.2, -0.15) is 0 Å². The molecule has 2 unspecified atom stereocenters. The van der Waals surface area contributed by atoms with E-state index in [4.69, 9.17) is 9.47 Å². The maximum atomic E-state index is 10.5. The lowest BCUT2D eigenvalue weighted by molar-refractivity contribution is -0.0646. The molecule has 4 heteroatoms. The third kappa shape index (κ3) is 2.21. The second-order valence-corrected chi connectivity index (χ2v) is 6.69. The molecule has 4 rings (SSSR count). The standard InChI is InChI=1S/C17H23NO3/c1-20-13-4-5-14-15(19)11-17(21-16(14)9-13)6-8-18-7-2-3-12(18)10-17/h4-5,9,12,15,19H,2-3,6-8,10-11H2,1H3/t12?,15-,17?/m0/s1. The highest BCUT2D eigenvalue weighted by molar-refractivity contribution is 5.44. The van der Waals surface area contributed by atoms with E-state index >= 15 is 0 Å². The number of methoxy groups -OCH3 is 1. The Balaban J connectivity index is 1.63. The summed E-state index contributed by atoms with van der Waals surface area (Å²) >= 11 is 0. The fraction of sp³-hybridized carbons (Fsp3) is 0.647. The van der Waals surface area contributed by atoms with E-state index < -0.39 is 6.10 Å². The minimum atomic E-state index is -0.424. The van der Waals surface area contributed by atoms with Crippen molar-refractivity contribution in [1.29, 1.82) is 0 Å². The second kappa shape index (κ2) is 4.89. The number of rotatable bonds is 1. The molecule has 3 atom stereocenters. The summed E-state index contributed by atoms with van der Waals surface area (Å²) < 4.78 is 11.7. The third-order valence-corrected chi connectivity index (χ3v) is 5.43. The highest BCUT2D eigenvalue weighted by atomic mass is 16.5. The van der Waals surface area contributed by atoms with Crippen molar-refractivity contribution in [3.05, 3.63) is 23.8 Å². The average Bonchev–Trinajstić information content (AvgIpc) is 2.93. The van der Waals surface area contributed by atoms with Crippen LogP contribution in [0.2, 0.25) is 0 Å². The smallest absolute Gasteiger partial charge is 0.129 e. The first-order valence-corrected chi connectivity index (χ1v) is 7.98. The first-order valence-electron chi connectivity index (χ1n) is 7.98. The zero-order valence-electron chi connectivity index (χ0n) is 12.5. The second-order valence-electron chi connectivity index (χ2n) is 6.69. The Hall–Kier alpha value is -1.26. The van der Waals surface area contributed by atoms with Crippen molar-refractivity contribution in [2.75, 3.05) is 20.2 Å². The fourth-order valence-electron chi connectivity index (χ4n) is 4.32. The van der Waals surface area contributed by atoms with Crippen LogP contribution >= 0.6 is 0 Å². The summed E-state index contributed by atoms with van der Waals surface area (Å²) in [7, 11) is 1.66. The molecule has 114 valence electrons. The summed E-state index contributed by atoms with van der Waals surface area (Å²) in [6.45, 7) is 2.32. The van der Waals surface area contributed by atoms with E-state index in [1.54, 1.807) is 7.11 Å². The molecule has 3 heterocycles. The zero-order chi connectivity index (χ0) is 14.4. The molecule has 3 aliphatic heterocycles. The van der Waals surface area contributed by atoms with Crippen LogP contribution in [0.5, 0.6) is 11.5 Å². The lowest BCUT2D eigenvalue weighted by Gasteiger charge is -2.47. The van der Waals surface area contributed by atoms with Crippen LogP contribution in [0.15, 0.2) is 18.2 Å². The Morgan fingerprint density at radius 1 is 1.33 bits per heavy atom. The van der Waals surface area contributed by atoms with Gasteiger partial charge in [-0.15, -0.1) is 0 Å². The third-order valence-electron chi connectivity index (χ3n) is 5.43. The number of ether oxygens (including phenoxy) is 2. The van der Waals surface area contributed by atoms with Gasteiger partial charge in [-0.05, 0) is 37.9 Å². The van der Waals surface area contributed by atoms with Crippen molar-refractivity contribution in [3.63, 3.8) is 0 Å². The van der Waals surface area contributed by atoms with Crippen molar-refractivity contribution in [3.8, 4) is 11.5 Å². The molecular formula is C17H23NO3. The molecule has 4 nitrogen and oxygen atoms in total. The van der Waals surface area contributed by atoms with Gasteiger partial charge in [0.1, 0.15) is 17.1 Å². The number of fused-ring (bicyclic) bond motifs is 2. The molecule has 2 saturated heterocycles. The van der Waals surface area contributed by atoms with E-state index in [1.165, 1.54) is 19.4 Å². The van der Waals surface area contributed by atoms with Gasteiger partial charge in [0.25, 0.3) is 0 Å². The maximum absolute atomic E-state index is 10.5. The largest absolute Gasteiger partial charge is 0.497 e. The monoisotopic (exact) mass is 289 g/mol. The molecule has 2 fully saturated rings. The van der Waals surface area contributed by atoms with Crippen LogP contribution in [-0.2, 0) is 0 Å². The molecule has 0 aromatic heterocycles. The van der Waals surface area contributed by atoms with Gasteiger partial charge in [-0.3, -0.25) is 0 Å². The SMILES string of the molecule is COc1ccc2c(c1)OC1(CCN3CCCC3C1)C[C@@H]2O. The van der Waals surface area contributed by atoms with E-state index in [1.807, 2.05) is 18.2 Å². The van der Waals surface area contributed by atoms with E-state index in [-0.39, 0.29) is 5.60 Å². The van der Waals surface area contributed by atoms with Crippen LogP contribution in [0.1, 0.15) is 43.8 Å². The highest BCUT2D eigenvalue weighted by Gasteiger charge is 2.47. The zero-order valence-corrected chi connectivity index (χ0v) is 12.5.